The summed E-state index contributed by atoms with van der Waals surface area (Å²) in [6.07, 6.45) is -1.45. The van der Waals surface area contributed by atoms with Crippen LogP contribution in [0.2, 0.25) is 20.1 Å². The Labute approximate surface area is 168 Å². The highest BCUT2D eigenvalue weighted by Gasteiger charge is 2.13. The number of carbonyl (C=O) groups is 2. The molecule has 0 heterocycles. The van der Waals surface area contributed by atoms with Gasteiger partial charge in [-0.05, 0) is 36.4 Å². The van der Waals surface area contributed by atoms with Gasteiger partial charge in [0.05, 0.1) is 21.4 Å². The summed E-state index contributed by atoms with van der Waals surface area (Å²) < 4.78 is 0. The van der Waals surface area contributed by atoms with Gasteiger partial charge in [-0.1, -0.05) is 46.4 Å². The molecular formula is C16H8Cl4N2O4-2. The van der Waals surface area contributed by atoms with Crippen LogP contribution in [0.25, 0.3) is 0 Å². The largest absolute Gasteiger partial charge is 0.529 e. The van der Waals surface area contributed by atoms with Crippen LogP contribution < -0.4 is 20.0 Å². The molecule has 136 valence electrons. The molecule has 0 spiro atoms. The Kier molecular flexibility index (Phi) is 6.61. The summed E-state index contributed by atoms with van der Waals surface area (Å²) in [5.74, 6) is 0. The Morgan fingerprint density at radius 3 is 1.35 bits per heavy atom. The number of halogens is 4. The standard InChI is InChI=1S/C16H10Cl4N2O4/c17-9-1-3-13(11(19)7-9)21(15(23)24)5-6-22(16(25)26)14-4-2-10(18)8-12(14)20/h1-8H,(H,23,24)(H,25,26)/p-2/b6-5+. The average molecular weight is 434 g/mol. The number of benzene rings is 2. The molecular weight excluding hydrogens is 426 g/mol. The lowest BCUT2D eigenvalue weighted by molar-refractivity contribution is -0.247. The number of carboxylic acid groups (broad SMARTS) is 2. The summed E-state index contributed by atoms with van der Waals surface area (Å²) in [6.45, 7) is 0. The van der Waals surface area contributed by atoms with E-state index in [0.717, 1.165) is 12.4 Å². The number of hydrogen-bond donors (Lipinski definition) is 0. The molecule has 0 aliphatic rings. The SMILES string of the molecule is O=C([O-])N(/C=C/N(C(=O)[O-])c1ccc(Cl)cc1Cl)c1ccc(Cl)cc1Cl. The van der Waals surface area contributed by atoms with E-state index in [4.69, 9.17) is 46.4 Å². The molecule has 0 aromatic heterocycles. The quantitative estimate of drug-likeness (QED) is 0.734. The predicted octanol–water partition coefficient (Wildman–Crippen LogP) is 3.77. The molecule has 2 rings (SSSR count). The van der Waals surface area contributed by atoms with Crippen molar-refractivity contribution in [3.05, 3.63) is 68.9 Å². The molecule has 2 aromatic rings. The summed E-state index contributed by atoms with van der Waals surface area (Å²) in [4.78, 5) is 24.0. The zero-order chi connectivity index (χ0) is 19.4. The number of anilines is 2. The van der Waals surface area contributed by atoms with Crippen molar-refractivity contribution in [1.82, 2.24) is 0 Å². The van der Waals surface area contributed by atoms with Gasteiger partial charge in [0.1, 0.15) is 12.2 Å². The number of amides is 2. The Morgan fingerprint density at radius 2 is 1.08 bits per heavy atom. The third-order valence-electron chi connectivity index (χ3n) is 3.10. The molecule has 0 bridgehead atoms. The molecule has 0 unspecified atom stereocenters. The van der Waals surface area contributed by atoms with Gasteiger partial charge in [-0.25, -0.2) is 0 Å². The monoisotopic (exact) mass is 432 g/mol. The van der Waals surface area contributed by atoms with Crippen molar-refractivity contribution in [3.8, 4) is 0 Å². The van der Waals surface area contributed by atoms with Gasteiger partial charge < -0.3 is 29.6 Å². The van der Waals surface area contributed by atoms with E-state index in [2.05, 4.69) is 0 Å². The first-order valence-corrected chi connectivity index (χ1v) is 8.30. The average Bonchev–Trinajstić information content (AvgIpc) is 2.53. The minimum Gasteiger partial charge on any atom is -0.529 e. The molecule has 0 radical (unpaired) electrons. The van der Waals surface area contributed by atoms with Crippen molar-refractivity contribution in [2.75, 3.05) is 9.80 Å². The van der Waals surface area contributed by atoms with E-state index in [1.807, 2.05) is 0 Å². The molecule has 2 aromatic carbocycles. The van der Waals surface area contributed by atoms with Crippen molar-refractivity contribution in [3.63, 3.8) is 0 Å². The summed E-state index contributed by atoms with van der Waals surface area (Å²) >= 11 is 23.5. The third-order valence-corrected chi connectivity index (χ3v) is 4.17. The van der Waals surface area contributed by atoms with Crippen molar-refractivity contribution >= 4 is 70.0 Å². The van der Waals surface area contributed by atoms with E-state index >= 15 is 0 Å². The van der Waals surface area contributed by atoms with Gasteiger partial charge in [0.15, 0.2) is 0 Å². The molecule has 0 saturated heterocycles. The zero-order valence-electron chi connectivity index (χ0n) is 12.7. The normalized spacial score (nSPS) is 10.8. The number of hydrogen-bond acceptors (Lipinski definition) is 4. The highest BCUT2D eigenvalue weighted by Crippen LogP contribution is 2.31. The third kappa shape index (κ3) is 4.74. The van der Waals surface area contributed by atoms with Gasteiger partial charge in [0, 0.05) is 22.4 Å². The second kappa shape index (κ2) is 8.51. The van der Waals surface area contributed by atoms with E-state index in [1.54, 1.807) is 0 Å². The predicted molar refractivity (Wildman–Crippen MR) is 97.8 cm³/mol. The van der Waals surface area contributed by atoms with Crippen LogP contribution in [-0.4, -0.2) is 12.2 Å². The Morgan fingerprint density at radius 1 is 0.731 bits per heavy atom. The Balaban J connectivity index is 2.43. The van der Waals surface area contributed by atoms with Crippen LogP contribution in [0.3, 0.4) is 0 Å². The molecule has 2 amide bonds. The van der Waals surface area contributed by atoms with Gasteiger partial charge in [-0.15, -0.1) is 0 Å². The minimum absolute atomic E-state index is 0.0211. The molecule has 6 nitrogen and oxygen atoms in total. The Hall–Kier alpha value is -2.12. The van der Waals surface area contributed by atoms with Gasteiger partial charge in [0.2, 0.25) is 0 Å². The van der Waals surface area contributed by atoms with Crippen molar-refractivity contribution in [2.45, 2.75) is 0 Å². The van der Waals surface area contributed by atoms with Crippen LogP contribution >= 0.6 is 46.4 Å². The van der Waals surface area contributed by atoms with Crippen LogP contribution in [0.4, 0.5) is 21.0 Å². The topological polar surface area (TPSA) is 86.7 Å². The van der Waals surface area contributed by atoms with Crippen molar-refractivity contribution < 1.29 is 19.8 Å². The van der Waals surface area contributed by atoms with Crippen molar-refractivity contribution in [2.24, 2.45) is 0 Å². The molecule has 0 saturated carbocycles. The van der Waals surface area contributed by atoms with Gasteiger partial charge in [0.25, 0.3) is 0 Å². The van der Waals surface area contributed by atoms with Crippen LogP contribution in [0.5, 0.6) is 0 Å². The lowest BCUT2D eigenvalue weighted by Gasteiger charge is -2.26. The van der Waals surface area contributed by atoms with E-state index in [0.29, 0.717) is 19.8 Å². The van der Waals surface area contributed by atoms with Crippen molar-refractivity contribution in [1.29, 1.82) is 0 Å². The van der Waals surface area contributed by atoms with Gasteiger partial charge in [-0.3, -0.25) is 0 Å². The zero-order valence-corrected chi connectivity index (χ0v) is 15.7. The fraction of sp³-hybridized carbons (Fsp3) is 0. The first kappa shape index (κ1) is 20.2. The smallest absolute Gasteiger partial charge is 0.146 e. The van der Waals surface area contributed by atoms with E-state index in [9.17, 15) is 19.8 Å². The number of rotatable bonds is 4. The maximum absolute atomic E-state index is 11.4. The number of carbonyl (C=O) groups excluding carboxylic acids is 2. The molecule has 10 heteroatoms. The van der Waals surface area contributed by atoms with Crippen LogP contribution in [0, 0.1) is 0 Å². The second-order valence-corrected chi connectivity index (χ2v) is 6.45. The van der Waals surface area contributed by atoms with Crippen LogP contribution in [0.15, 0.2) is 48.8 Å². The fourth-order valence-corrected chi connectivity index (χ4v) is 2.96. The summed E-state index contributed by atoms with van der Waals surface area (Å²) in [5, 5.41) is 23.5. The lowest BCUT2D eigenvalue weighted by atomic mass is 10.3. The maximum Gasteiger partial charge on any atom is 0.146 e. The molecule has 0 aliphatic carbocycles. The molecule has 26 heavy (non-hydrogen) atoms. The highest BCUT2D eigenvalue weighted by molar-refractivity contribution is 6.37. The molecule has 0 aliphatic heterocycles. The molecule has 0 N–H and O–H groups in total. The lowest BCUT2D eigenvalue weighted by Crippen LogP contribution is -2.40. The summed E-state index contributed by atoms with van der Waals surface area (Å²) in [6, 6.07) is 8.16. The fourth-order valence-electron chi connectivity index (χ4n) is 1.97. The number of nitrogens with zero attached hydrogens (tertiary/aromatic N) is 2. The van der Waals surface area contributed by atoms with Gasteiger partial charge in [-0.2, -0.15) is 0 Å². The molecule has 0 atom stereocenters. The summed E-state index contributed by atoms with van der Waals surface area (Å²) in [7, 11) is 0. The second-order valence-electron chi connectivity index (χ2n) is 4.76. The van der Waals surface area contributed by atoms with E-state index in [-0.39, 0.29) is 21.4 Å². The molecule has 0 fully saturated rings. The minimum atomic E-state index is -1.65. The highest BCUT2D eigenvalue weighted by atomic mass is 35.5. The van der Waals surface area contributed by atoms with E-state index < -0.39 is 12.2 Å². The van der Waals surface area contributed by atoms with E-state index in [1.165, 1.54) is 36.4 Å². The van der Waals surface area contributed by atoms with Crippen LogP contribution in [0.1, 0.15) is 0 Å². The first-order valence-electron chi connectivity index (χ1n) is 6.79. The maximum atomic E-state index is 11.4. The first-order chi connectivity index (χ1) is 12.2. The Bertz CT molecular complexity index is 817. The summed E-state index contributed by atoms with van der Waals surface area (Å²) in [5.41, 5.74) is 0.0423. The van der Waals surface area contributed by atoms with Crippen LogP contribution in [-0.2, 0) is 0 Å². The van der Waals surface area contributed by atoms with Gasteiger partial charge >= 0.3 is 0 Å².